The normalized spacial score (nSPS) is 12.0. The summed E-state index contributed by atoms with van der Waals surface area (Å²) in [6, 6.07) is -2.08. The second-order valence-corrected chi connectivity index (χ2v) is 5.77. The maximum Gasteiger partial charge on any atom is 0.326 e. The number of nitrogens with one attached hydrogen (secondary N) is 3. The van der Waals surface area contributed by atoms with E-state index in [1.165, 1.54) is 0 Å². The Balaban J connectivity index is 4.71. The van der Waals surface area contributed by atoms with E-state index in [4.69, 9.17) is 22.7 Å². The minimum absolute atomic E-state index is 0.0899. The number of guanidine groups is 1. The molecular formula is C14H28N10O4. The predicted octanol–water partition coefficient (Wildman–Crippen LogP) is -1.96. The van der Waals surface area contributed by atoms with Crippen molar-refractivity contribution in [2.75, 3.05) is 19.6 Å². The second-order valence-electron chi connectivity index (χ2n) is 5.77. The quantitative estimate of drug-likeness (QED) is 0.0308. The van der Waals surface area contributed by atoms with Crippen LogP contribution in [0.5, 0.6) is 0 Å². The zero-order valence-corrected chi connectivity index (χ0v) is 15.5. The number of nitrogens with zero attached hydrogens (tertiary/aromatic N) is 4. The Kier molecular flexibility index (Phi) is 13.1. The zero-order valence-electron chi connectivity index (χ0n) is 15.5. The van der Waals surface area contributed by atoms with E-state index < -0.39 is 29.9 Å². The van der Waals surface area contributed by atoms with Gasteiger partial charge in [-0.05, 0) is 37.3 Å². The molecule has 0 fully saturated rings. The van der Waals surface area contributed by atoms with Crippen LogP contribution < -0.4 is 33.3 Å². The van der Waals surface area contributed by atoms with Crippen molar-refractivity contribution in [3.63, 3.8) is 0 Å². The smallest absolute Gasteiger partial charge is 0.326 e. The number of carbonyl (C=O) groups excluding carboxylic acids is 2. The maximum absolute atomic E-state index is 12.4. The highest BCUT2D eigenvalue weighted by Crippen LogP contribution is 2.04. The fraction of sp³-hybridized carbons (Fsp3) is 0.714. The molecule has 0 aromatic rings. The number of amides is 2. The molecule has 0 bridgehead atoms. The van der Waals surface area contributed by atoms with Gasteiger partial charge in [-0.1, -0.05) is 0 Å². The van der Waals surface area contributed by atoms with Gasteiger partial charge in [-0.2, -0.15) is 4.91 Å². The maximum atomic E-state index is 12.4. The fourth-order valence-electron chi connectivity index (χ4n) is 2.19. The summed E-state index contributed by atoms with van der Waals surface area (Å²) >= 11 is 0. The molecule has 10 N–H and O–H groups in total. The summed E-state index contributed by atoms with van der Waals surface area (Å²) in [7, 11) is 0. The van der Waals surface area contributed by atoms with Crippen molar-refractivity contribution < 1.29 is 19.5 Å². The predicted molar refractivity (Wildman–Crippen MR) is 101 cm³/mol. The first-order chi connectivity index (χ1) is 13.3. The molecule has 0 saturated heterocycles. The van der Waals surface area contributed by atoms with Crippen molar-refractivity contribution in [3.05, 3.63) is 10.4 Å². The molecule has 14 heteroatoms. The van der Waals surface area contributed by atoms with Gasteiger partial charge in [-0.15, -0.1) is 5.53 Å². The number of hydrogen-bond acceptors (Lipinski definition) is 6. The third kappa shape index (κ3) is 12.2. The van der Waals surface area contributed by atoms with E-state index in [1.807, 2.05) is 0 Å². The van der Waals surface area contributed by atoms with E-state index in [-0.39, 0.29) is 31.9 Å². The van der Waals surface area contributed by atoms with Gasteiger partial charge >= 0.3 is 5.97 Å². The molecule has 0 rings (SSSR count). The lowest BCUT2D eigenvalue weighted by Gasteiger charge is -2.21. The van der Waals surface area contributed by atoms with Gasteiger partial charge in [0.25, 0.3) is 0 Å². The van der Waals surface area contributed by atoms with Crippen LogP contribution in [0.1, 0.15) is 32.1 Å². The van der Waals surface area contributed by atoms with Crippen LogP contribution in [0.15, 0.2) is 10.2 Å². The molecule has 0 aliphatic rings. The number of aliphatic carboxylic acids is 1. The SMILES string of the molecule is [N-]=[N+]=NNCCCC[C@H](NC(=O)[C@H](CCCN=C(N)N)NC(=O)CN)C(=O)O. The van der Waals surface area contributed by atoms with Gasteiger partial charge in [0.05, 0.1) is 13.1 Å². The second kappa shape index (κ2) is 14.9. The number of hydrogen-bond donors (Lipinski definition) is 7. The fourth-order valence-corrected chi connectivity index (χ4v) is 2.19. The molecule has 0 aromatic carbocycles. The summed E-state index contributed by atoms with van der Waals surface area (Å²) in [5.74, 6) is -2.46. The number of rotatable bonds is 15. The van der Waals surface area contributed by atoms with Crippen molar-refractivity contribution >= 4 is 23.7 Å². The molecule has 0 unspecified atom stereocenters. The van der Waals surface area contributed by atoms with E-state index in [2.05, 4.69) is 31.2 Å². The number of carbonyl (C=O) groups is 3. The molecule has 158 valence electrons. The Morgan fingerprint density at radius 3 is 2.32 bits per heavy atom. The molecular weight excluding hydrogens is 372 g/mol. The van der Waals surface area contributed by atoms with Gasteiger partial charge < -0.3 is 32.9 Å². The average molecular weight is 400 g/mol. The summed E-state index contributed by atoms with van der Waals surface area (Å²) in [6.07, 6.45) is 1.78. The lowest BCUT2D eigenvalue weighted by atomic mass is 10.1. The van der Waals surface area contributed by atoms with Crippen LogP contribution in [-0.4, -0.2) is 60.6 Å². The molecule has 2 amide bonds. The monoisotopic (exact) mass is 400 g/mol. The molecule has 0 aliphatic carbocycles. The lowest BCUT2D eigenvalue weighted by molar-refractivity contribution is -0.142. The topological polar surface area (TPSA) is 247 Å². The van der Waals surface area contributed by atoms with E-state index in [9.17, 15) is 19.5 Å². The van der Waals surface area contributed by atoms with Gasteiger partial charge in [0.2, 0.25) is 11.8 Å². The summed E-state index contributed by atoms with van der Waals surface area (Å²) in [4.78, 5) is 41.7. The molecule has 28 heavy (non-hydrogen) atoms. The Bertz CT molecular complexity index is 587. The largest absolute Gasteiger partial charge is 0.480 e. The highest BCUT2D eigenvalue weighted by atomic mass is 16.4. The minimum atomic E-state index is -1.19. The number of aliphatic imine (C=N–C) groups is 1. The minimum Gasteiger partial charge on any atom is -0.480 e. The van der Waals surface area contributed by atoms with E-state index in [1.54, 1.807) is 0 Å². The van der Waals surface area contributed by atoms with Crippen LogP contribution in [-0.2, 0) is 14.4 Å². The summed E-state index contributed by atoms with van der Waals surface area (Å²) in [6.45, 7) is 0.327. The Morgan fingerprint density at radius 2 is 1.75 bits per heavy atom. The van der Waals surface area contributed by atoms with Gasteiger partial charge in [-0.25, -0.2) is 4.79 Å². The van der Waals surface area contributed by atoms with Crippen LogP contribution in [0.2, 0.25) is 0 Å². The molecule has 0 heterocycles. The van der Waals surface area contributed by atoms with Crippen molar-refractivity contribution in [2.45, 2.75) is 44.2 Å². The summed E-state index contributed by atoms with van der Waals surface area (Å²) in [5.41, 5.74) is 26.3. The van der Waals surface area contributed by atoms with Gasteiger partial charge in [-0.3, -0.25) is 20.0 Å². The first-order valence-electron chi connectivity index (χ1n) is 8.66. The molecule has 0 radical (unpaired) electrons. The molecule has 0 aromatic heterocycles. The number of carboxylic acids is 1. The van der Waals surface area contributed by atoms with Crippen LogP contribution in [0.3, 0.4) is 0 Å². The van der Waals surface area contributed by atoms with Crippen molar-refractivity contribution in [3.8, 4) is 0 Å². The summed E-state index contributed by atoms with van der Waals surface area (Å²) < 4.78 is 0. The highest BCUT2D eigenvalue weighted by molar-refractivity contribution is 5.90. The van der Waals surface area contributed by atoms with Gasteiger partial charge in [0.1, 0.15) is 12.1 Å². The Hall–Kier alpha value is -3.25. The number of unbranched alkanes of at least 4 members (excludes halogenated alkanes) is 1. The molecule has 14 nitrogen and oxygen atoms in total. The Labute approximate surface area is 161 Å². The number of carboxylic acid groups (broad SMARTS) is 1. The first kappa shape index (κ1) is 24.8. The molecule has 0 saturated carbocycles. The van der Waals surface area contributed by atoms with Crippen LogP contribution in [0, 0.1) is 0 Å². The van der Waals surface area contributed by atoms with Gasteiger partial charge in [0, 0.05) is 6.54 Å². The summed E-state index contributed by atoms with van der Waals surface area (Å²) in [5, 5.41) is 17.3. The van der Waals surface area contributed by atoms with Crippen LogP contribution in [0.25, 0.3) is 10.4 Å². The average Bonchev–Trinajstić information content (AvgIpc) is 2.65. The lowest BCUT2D eigenvalue weighted by Crippen LogP contribution is -2.52. The van der Waals surface area contributed by atoms with Crippen molar-refractivity contribution in [1.82, 2.24) is 16.1 Å². The van der Waals surface area contributed by atoms with Crippen LogP contribution in [0.4, 0.5) is 0 Å². The number of nitrogens with two attached hydrogens (primary N) is 3. The third-order valence-electron chi connectivity index (χ3n) is 3.54. The Morgan fingerprint density at radius 1 is 1.07 bits per heavy atom. The van der Waals surface area contributed by atoms with E-state index in [0.717, 1.165) is 0 Å². The molecule has 0 aliphatic heterocycles. The number of azide groups is 1. The first-order valence-corrected chi connectivity index (χ1v) is 8.66. The zero-order chi connectivity index (χ0) is 21.4. The molecule has 0 spiro atoms. The van der Waals surface area contributed by atoms with Crippen molar-refractivity contribution in [2.24, 2.45) is 27.4 Å². The van der Waals surface area contributed by atoms with Gasteiger partial charge in [0.15, 0.2) is 5.96 Å². The molecule has 2 atom stereocenters. The van der Waals surface area contributed by atoms with Crippen molar-refractivity contribution in [1.29, 1.82) is 0 Å². The third-order valence-corrected chi connectivity index (χ3v) is 3.54. The standard InChI is InChI=1S/C14H28N10O4/c15-8-11(25)21-9(5-3-6-19-14(16)17)12(26)22-10(13(27)28)4-1-2-7-20-24-23-18/h9-10,20H,1-8,15H2,(H,21,25)(H,22,26)(H,27,28)(H4,16,17,19)/t9-,10-/m0/s1. The highest BCUT2D eigenvalue weighted by Gasteiger charge is 2.25. The van der Waals surface area contributed by atoms with E-state index >= 15 is 0 Å². The van der Waals surface area contributed by atoms with E-state index in [0.29, 0.717) is 25.8 Å². The van der Waals surface area contributed by atoms with Crippen LogP contribution >= 0.6 is 0 Å².